The fraction of sp³-hybridized carbons (Fsp3) is 0.462. The van der Waals surface area contributed by atoms with Crippen molar-refractivity contribution in [2.75, 3.05) is 18.9 Å². The van der Waals surface area contributed by atoms with Crippen LogP contribution in [0.25, 0.3) is 0 Å². The number of ether oxygens (including phenoxy) is 1. The van der Waals surface area contributed by atoms with E-state index < -0.39 is 16.4 Å². The second kappa shape index (κ2) is 5.87. The van der Waals surface area contributed by atoms with Crippen LogP contribution in [0.3, 0.4) is 0 Å². The molecule has 1 heterocycles. The maximum atomic E-state index is 12.3. The molecule has 21 heavy (non-hydrogen) atoms. The van der Waals surface area contributed by atoms with Gasteiger partial charge >= 0.3 is 0 Å². The number of nitro benzene ring substituents is 1. The molecule has 1 aromatic rings. The van der Waals surface area contributed by atoms with Gasteiger partial charge in [0.2, 0.25) is 0 Å². The highest BCUT2D eigenvalue weighted by atomic mass is 35.5. The number of nitrogens with one attached hydrogen (secondary N) is 1. The summed E-state index contributed by atoms with van der Waals surface area (Å²) in [5.41, 5.74) is 4.76. The Bertz CT molecular complexity index is 585. The van der Waals surface area contributed by atoms with Gasteiger partial charge in [-0.2, -0.15) is 0 Å². The van der Waals surface area contributed by atoms with Crippen LogP contribution in [0.5, 0.6) is 0 Å². The van der Waals surface area contributed by atoms with Gasteiger partial charge in [0, 0.05) is 30.4 Å². The smallest absolute Gasteiger partial charge is 0.294 e. The van der Waals surface area contributed by atoms with E-state index in [1.165, 1.54) is 6.07 Å². The molecule has 0 saturated carbocycles. The third kappa shape index (κ3) is 3.43. The molecule has 3 N–H and O–H groups in total. The lowest BCUT2D eigenvalue weighted by Gasteiger charge is -2.34. The van der Waals surface area contributed by atoms with Gasteiger partial charge in [-0.05, 0) is 25.8 Å². The van der Waals surface area contributed by atoms with E-state index in [0.29, 0.717) is 26.1 Å². The van der Waals surface area contributed by atoms with Crippen molar-refractivity contribution in [3.05, 3.63) is 32.8 Å². The van der Waals surface area contributed by atoms with E-state index in [1.54, 1.807) is 0 Å². The average Bonchev–Trinajstić information content (AvgIpc) is 2.41. The molecular weight excluding hydrogens is 298 g/mol. The molecule has 7 nitrogen and oxygen atoms in total. The maximum absolute atomic E-state index is 12.3. The molecule has 0 atom stereocenters. The molecule has 0 spiro atoms. The third-order valence-electron chi connectivity index (χ3n) is 3.58. The number of hydrogen-bond acceptors (Lipinski definition) is 5. The Hall–Kier alpha value is -1.86. The Morgan fingerprint density at radius 1 is 1.48 bits per heavy atom. The van der Waals surface area contributed by atoms with E-state index in [9.17, 15) is 14.9 Å². The van der Waals surface area contributed by atoms with Gasteiger partial charge in [-0.15, -0.1) is 0 Å². The number of benzene rings is 1. The summed E-state index contributed by atoms with van der Waals surface area (Å²) in [5.74, 6) is -0.413. The van der Waals surface area contributed by atoms with Gasteiger partial charge in [-0.25, -0.2) is 0 Å². The van der Waals surface area contributed by atoms with Crippen molar-refractivity contribution in [1.82, 2.24) is 5.32 Å². The number of amides is 1. The number of nitro groups is 1. The minimum Gasteiger partial charge on any atom is -0.392 e. The molecule has 0 radical (unpaired) electrons. The zero-order chi connectivity index (χ0) is 15.6. The van der Waals surface area contributed by atoms with Gasteiger partial charge in [0.1, 0.15) is 5.69 Å². The molecule has 1 fully saturated rings. The van der Waals surface area contributed by atoms with E-state index in [4.69, 9.17) is 22.1 Å². The Morgan fingerprint density at radius 3 is 2.67 bits per heavy atom. The fourth-order valence-electron chi connectivity index (χ4n) is 2.18. The number of hydrogen-bond donors (Lipinski definition) is 2. The summed E-state index contributed by atoms with van der Waals surface area (Å²) in [4.78, 5) is 22.5. The van der Waals surface area contributed by atoms with Crippen LogP contribution in [-0.2, 0) is 4.74 Å². The monoisotopic (exact) mass is 313 g/mol. The van der Waals surface area contributed by atoms with Gasteiger partial charge in [0.15, 0.2) is 0 Å². The normalized spacial score (nSPS) is 17.2. The molecule has 1 aliphatic heterocycles. The topological polar surface area (TPSA) is 107 Å². The number of halogens is 1. The predicted octanol–water partition coefficient (Wildman–Crippen LogP) is 2.13. The number of rotatable bonds is 3. The van der Waals surface area contributed by atoms with Crippen molar-refractivity contribution >= 4 is 28.9 Å². The Balaban J connectivity index is 2.25. The van der Waals surface area contributed by atoms with Crippen molar-refractivity contribution in [3.63, 3.8) is 0 Å². The third-order valence-corrected chi connectivity index (χ3v) is 3.89. The van der Waals surface area contributed by atoms with Crippen molar-refractivity contribution in [3.8, 4) is 0 Å². The molecule has 0 aliphatic carbocycles. The summed E-state index contributed by atoms with van der Waals surface area (Å²) in [5, 5.41) is 13.8. The average molecular weight is 314 g/mol. The summed E-state index contributed by atoms with van der Waals surface area (Å²) >= 11 is 5.86. The zero-order valence-corrected chi connectivity index (χ0v) is 12.3. The van der Waals surface area contributed by atoms with Crippen LogP contribution in [0.2, 0.25) is 5.02 Å². The summed E-state index contributed by atoms with van der Waals surface area (Å²) in [6, 6.07) is 2.47. The SMILES string of the molecule is CC1(NC(=O)c2cc(Cl)c(N)c([N+](=O)[O-])c2)CCOCC1. The quantitative estimate of drug-likeness (QED) is 0.505. The van der Waals surface area contributed by atoms with Crippen LogP contribution in [0.1, 0.15) is 30.1 Å². The summed E-state index contributed by atoms with van der Waals surface area (Å²) in [6.45, 7) is 3.06. The minimum atomic E-state index is -0.659. The molecule has 0 unspecified atom stereocenters. The summed E-state index contributed by atoms with van der Waals surface area (Å²) in [7, 11) is 0. The Labute approximate surface area is 126 Å². The van der Waals surface area contributed by atoms with Crippen LogP contribution in [0, 0.1) is 10.1 Å². The molecule has 1 aromatic carbocycles. The standard InChI is InChI=1S/C13H16ClN3O4/c1-13(2-4-21-5-3-13)16-12(18)8-6-9(14)11(15)10(7-8)17(19)20/h6-7H,2-5,15H2,1H3,(H,16,18). The van der Waals surface area contributed by atoms with Gasteiger partial charge in [0.05, 0.1) is 9.95 Å². The maximum Gasteiger partial charge on any atom is 0.294 e. The molecule has 1 saturated heterocycles. The molecule has 0 aromatic heterocycles. The highest BCUT2D eigenvalue weighted by Crippen LogP contribution is 2.31. The van der Waals surface area contributed by atoms with Crippen molar-refractivity contribution in [1.29, 1.82) is 0 Å². The number of carbonyl (C=O) groups excluding carboxylic acids is 1. The van der Waals surface area contributed by atoms with E-state index in [2.05, 4.69) is 5.32 Å². The van der Waals surface area contributed by atoms with Crippen LogP contribution >= 0.6 is 11.6 Å². The van der Waals surface area contributed by atoms with Gasteiger partial charge < -0.3 is 15.8 Å². The molecule has 0 bridgehead atoms. The number of nitrogens with zero attached hydrogens (tertiary/aromatic N) is 1. The minimum absolute atomic E-state index is 0.00789. The fourth-order valence-corrected chi connectivity index (χ4v) is 2.39. The number of carbonyl (C=O) groups is 1. The summed E-state index contributed by atoms with van der Waals surface area (Å²) < 4.78 is 5.26. The van der Waals surface area contributed by atoms with Crippen LogP contribution in [0.15, 0.2) is 12.1 Å². The number of anilines is 1. The summed E-state index contributed by atoms with van der Waals surface area (Å²) in [6.07, 6.45) is 1.37. The van der Waals surface area contributed by atoms with Gasteiger partial charge in [-0.1, -0.05) is 11.6 Å². The van der Waals surface area contributed by atoms with Gasteiger partial charge in [0.25, 0.3) is 11.6 Å². The van der Waals surface area contributed by atoms with Gasteiger partial charge in [-0.3, -0.25) is 14.9 Å². The van der Waals surface area contributed by atoms with E-state index in [1.807, 2.05) is 6.92 Å². The van der Waals surface area contributed by atoms with Crippen molar-refractivity contribution in [2.45, 2.75) is 25.3 Å². The lowest BCUT2D eigenvalue weighted by atomic mass is 9.92. The van der Waals surface area contributed by atoms with Crippen LogP contribution < -0.4 is 11.1 Å². The van der Waals surface area contributed by atoms with Crippen LogP contribution in [-0.4, -0.2) is 29.6 Å². The highest BCUT2D eigenvalue weighted by Gasteiger charge is 2.30. The molecule has 114 valence electrons. The second-order valence-electron chi connectivity index (χ2n) is 5.28. The van der Waals surface area contributed by atoms with Crippen LogP contribution in [0.4, 0.5) is 11.4 Å². The lowest BCUT2D eigenvalue weighted by Crippen LogP contribution is -2.49. The second-order valence-corrected chi connectivity index (χ2v) is 5.68. The van der Waals surface area contributed by atoms with Crippen molar-refractivity contribution in [2.24, 2.45) is 0 Å². The van der Waals surface area contributed by atoms with Crippen molar-refractivity contribution < 1.29 is 14.5 Å². The number of nitrogens with two attached hydrogens (primary N) is 1. The van der Waals surface area contributed by atoms with E-state index in [-0.39, 0.29) is 22.0 Å². The molecule has 1 aliphatic rings. The zero-order valence-electron chi connectivity index (χ0n) is 11.5. The first-order chi connectivity index (χ1) is 9.82. The van der Waals surface area contributed by atoms with E-state index in [0.717, 1.165) is 6.07 Å². The number of nitrogen functional groups attached to an aromatic ring is 1. The van der Waals surface area contributed by atoms with E-state index >= 15 is 0 Å². The Morgan fingerprint density at radius 2 is 2.10 bits per heavy atom. The largest absolute Gasteiger partial charge is 0.392 e. The molecular formula is C13H16ClN3O4. The highest BCUT2D eigenvalue weighted by molar-refractivity contribution is 6.34. The first-order valence-corrected chi connectivity index (χ1v) is 6.84. The molecule has 2 rings (SSSR count). The molecule has 1 amide bonds. The lowest BCUT2D eigenvalue weighted by molar-refractivity contribution is -0.383. The first kappa shape index (κ1) is 15.5. The predicted molar refractivity (Wildman–Crippen MR) is 78.4 cm³/mol. The first-order valence-electron chi connectivity index (χ1n) is 6.46. The Kier molecular flexibility index (Phi) is 4.34. The molecule has 8 heteroatoms.